The Bertz CT molecular complexity index is 424. The van der Waals surface area contributed by atoms with E-state index in [1.807, 2.05) is 12.3 Å². The van der Waals surface area contributed by atoms with Gasteiger partial charge in [0.1, 0.15) is 5.69 Å². The summed E-state index contributed by atoms with van der Waals surface area (Å²) in [4.78, 5) is 16.4. The number of halogens is 1. The van der Waals surface area contributed by atoms with E-state index in [0.717, 1.165) is 29.1 Å². The number of nitrogens with one attached hydrogen (secondary N) is 1. The maximum absolute atomic E-state index is 12.2. The van der Waals surface area contributed by atoms with Gasteiger partial charge in [0.05, 0.1) is 10.5 Å². The lowest BCUT2D eigenvalue weighted by Gasteiger charge is -2.38. The second-order valence-electron chi connectivity index (χ2n) is 5.30. The normalized spacial score (nSPS) is 28.1. The molecule has 0 aromatic carbocycles. The molecule has 1 aromatic heterocycles. The van der Waals surface area contributed by atoms with Crippen molar-refractivity contribution in [1.82, 2.24) is 10.3 Å². The van der Waals surface area contributed by atoms with Gasteiger partial charge in [0.25, 0.3) is 5.91 Å². The first-order valence-corrected chi connectivity index (χ1v) is 8.35. The fourth-order valence-electron chi connectivity index (χ4n) is 2.38. The van der Waals surface area contributed by atoms with Crippen molar-refractivity contribution in [3.05, 3.63) is 16.1 Å². The molecule has 0 atom stereocenters. The minimum Gasteiger partial charge on any atom is -0.344 e. The molecule has 1 aliphatic rings. The van der Waals surface area contributed by atoms with E-state index in [9.17, 15) is 4.79 Å². The first kappa shape index (κ1) is 14.0. The summed E-state index contributed by atoms with van der Waals surface area (Å²) < 4.78 is 0. The van der Waals surface area contributed by atoms with Crippen LogP contribution in [0.4, 0.5) is 0 Å². The molecule has 18 heavy (non-hydrogen) atoms. The van der Waals surface area contributed by atoms with Gasteiger partial charge in [0.15, 0.2) is 0 Å². The van der Waals surface area contributed by atoms with Crippen LogP contribution in [-0.4, -0.2) is 21.8 Å². The second-order valence-corrected chi connectivity index (χ2v) is 6.93. The van der Waals surface area contributed by atoms with Crippen molar-refractivity contribution >= 4 is 33.2 Å². The Balaban J connectivity index is 2.04. The maximum Gasteiger partial charge on any atom is 0.271 e. The number of rotatable bonds is 3. The van der Waals surface area contributed by atoms with Crippen LogP contribution in [0, 0.1) is 12.8 Å². The zero-order chi connectivity index (χ0) is 13.2. The Morgan fingerprint density at radius 3 is 2.78 bits per heavy atom. The van der Waals surface area contributed by atoms with E-state index in [0.29, 0.717) is 5.69 Å². The van der Waals surface area contributed by atoms with E-state index in [4.69, 9.17) is 0 Å². The summed E-state index contributed by atoms with van der Waals surface area (Å²) in [6, 6.07) is 0. The van der Waals surface area contributed by atoms with Gasteiger partial charge < -0.3 is 5.32 Å². The fourth-order valence-corrected chi connectivity index (χ4v) is 3.67. The number of aryl methyl sites for hydroxylation is 1. The topological polar surface area (TPSA) is 42.0 Å². The van der Waals surface area contributed by atoms with Gasteiger partial charge in [0.2, 0.25) is 0 Å². The zero-order valence-corrected chi connectivity index (χ0v) is 13.2. The lowest BCUT2D eigenvalue weighted by molar-refractivity contribution is 0.0870. The van der Waals surface area contributed by atoms with Gasteiger partial charge in [-0.2, -0.15) is 0 Å². The van der Waals surface area contributed by atoms with Crippen LogP contribution in [0.2, 0.25) is 0 Å². The standard InChI is InChI=1S/C13H19BrN2OS/c1-9-3-5-13(8-14,6-4-9)16-12(17)11-7-18-10(2)15-11/h7,9H,3-6,8H2,1-2H3,(H,16,17). The number of thiazole rings is 1. The summed E-state index contributed by atoms with van der Waals surface area (Å²) in [5.74, 6) is 0.740. The monoisotopic (exact) mass is 330 g/mol. The maximum atomic E-state index is 12.2. The number of hydrogen-bond acceptors (Lipinski definition) is 3. The molecular weight excluding hydrogens is 312 g/mol. The minimum atomic E-state index is -0.0822. The van der Waals surface area contributed by atoms with Crippen LogP contribution in [0.3, 0.4) is 0 Å². The van der Waals surface area contributed by atoms with Crippen molar-refractivity contribution < 1.29 is 4.79 Å². The van der Waals surface area contributed by atoms with Crippen molar-refractivity contribution in [2.24, 2.45) is 5.92 Å². The van der Waals surface area contributed by atoms with Crippen LogP contribution >= 0.6 is 27.3 Å². The van der Waals surface area contributed by atoms with E-state index >= 15 is 0 Å². The molecule has 0 spiro atoms. The second kappa shape index (κ2) is 5.70. The largest absolute Gasteiger partial charge is 0.344 e. The first-order valence-electron chi connectivity index (χ1n) is 6.35. The summed E-state index contributed by atoms with van der Waals surface area (Å²) >= 11 is 5.08. The molecule has 0 aliphatic heterocycles. The molecule has 1 aliphatic carbocycles. The van der Waals surface area contributed by atoms with Crippen molar-refractivity contribution in [2.75, 3.05) is 5.33 Å². The van der Waals surface area contributed by atoms with Crippen LogP contribution in [0.25, 0.3) is 0 Å². The molecule has 1 amide bonds. The molecule has 0 unspecified atom stereocenters. The quantitative estimate of drug-likeness (QED) is 0.861. The highest BCUT2D eigenvalue weighted by atomic mass is 79.9. The SMILES string of the molecule is Cc1nc(C(=O)NC2(CBr)CCC(C)CC2)cs1. The Kier molecular flexibility index (Phi) is 4.43. The van der Waals surface area contributed by atoms with Gasteiger partial charge in [-0.1, -0.05) is 22.9 Å². The Morgan fingerprint density at radius 2 is 2.28 bits per heavy atom. The number of alkyl halides is 1. The summed E-state index contributed by atoms with van der Waals surface area (Å²) in [5.41, 5.74) is 0.470. The number of carbonyl (C=O) groups is 1. The molecule has 2 rings (SSSR count). The molecule has 5 heteroatoms. The third kappa shape index (κ3) is 3.12. The van der Waals surface area contributed by atoms with Gasteiger partial charge in [0, 0.05) is 10.7 Å². The third-order valence-corrected chi connectivity index (χ3v) is 5.56. The summed E-state index contributed by atoms with van der Waals surface area (Å²) in [6.07, 6.45) is 4.46. The van der Waals surface area contributed by atoms with E-state index in [2.05, 4.69) is 33.2 Å². The predicted octanol–water partition coefficient (Wildman–Crippen LogP) is 3.53. The van der Waals surface area contributed by atoms with Crippen molar-refractivity contribution in [3.63, 3.8) is 0 Å². The zero-order valence-electron chi connectivity index (χ0n) is 10.8. The summed E-state index contributed by atoms with van der Waals surface area (Å²) in [6.45, 7) is 4.20. The molecule has 0 bridgehead atoms. The Morgan fingerprint density at radius 1 is 1.61 bits per heavy atom. The molecule has 1 heterocycles. The average molecular weight is 331 g/mol. The summed E-state index contributed by atoms with van der Waals surface area (Å²) in [7, 11) is 0. The van der Waals surface area contributed by atoms with Crippen LogP contribution < -0.4 is 5.32 Å². The van der Waals surface area contributed by atoms with Gasteiger partial charge >= 0.3 is 0 Å². The van der Waals surface area contributed by atoms with Gasteiger partial charge in [-0.3, -0.25) is 4.79 Å². The number of aromatic nitrogens is 1. The van der Waals surface area contributed by atoms with E-state index in [-0.39, 0.29) is 11.4 Å². The van der Waals surface area contributed by atoms with Crippen LogP contribution in [0.15, 0.2) is 5.38 Å². The highest BCUT2D eigenvalue weighted by molar-refractivity contribution is 9.09. The lowest BCUT2D eigenvalue weighted by atomic mass is 9.78. The molecule has 100 valence electrons. The molecule has 1 aromatic rings. The van der Waals surface area contributed by atoms with Crippen molar-refractivity contribution in [3.8, 4) is 0 Å². The van der Waals surface area contributed by atoms with Crippen molar-refractivity contribution in [2.45, 2.75) is 45.1 Å². The van der Waals surface area contributed by atoms with Crippen LogP contribution in [-0.2, 0) is 0 Å². The highest BCUT2D eigenvalue weighted by Gasteiger charge is 2.35. The van der Waals surface area contributed by atoms with Crippen LogP contribution in [0.1, 0.15) is 48.1 Å². The fraction of sp³-hybridized carbons (Fsp3) is 0.692. The smallest absolute Gasteiger partial charge is 0.271 e. The Hall–Kier alpha value is -0.420. The number of nitrogens with zero attached hydrogens (tertiary/aromatic N) is 1. The highest BCUT2D eigenvalue weighted by Crippen LogP contribution is 2.33. The summed E-state index contributed by atoms with van der Waals surface area (Å²) in [5, 5.41) is 6.78. The molecule has 3 nitrogen and oxygen atoms in total. The van der Waals surface area contributed by atoms with Gasteiger partial charge in [-0.05, 0) is 38.5 Å². The van der Waals surface area contributed by atoms with E-state index < -0.39 is 0 Å². The molecule has 1 saturated carbocycles. The number of amides is 1. The minimum absolute atomic E-state index is 0.0339. The van der Waals surface area contributed by atoms with Crippen molar-refractivity contribution in [1.29, 1.82) is 0 Å². The molecule has 1 fully saturated rings. The van der Waals surface area contributed by atoms with Crippen LogP contribution in [0.5, 0.6) is 0 Å². The average Bonchev–Trinajstić information content (AvgIpc) is 2.79. The predicted molar refractivity (Wildman–Crippen MR) is 78.5 cm³/mol. The molecule has 1 N–H and O–H groups in total. The van der Waals surface area contributed by atoms with Gasteiger partial charge in [-0.15, -0.1) is 11.3 Å². The third-order valence-electron chi connectivity index (χ3n) is 3.72. The number of hydrogen-bond donors (Lipinski definition) is 1. The molecule has 0 saturated heterocycles. The number of carbonyl (C=O) groups excluding carboxylic acids is 1. The van der Waals surface area contributed by atoms with E-state index in [1.54, 1.807) is 0 Å². The molecule has 0 radical (unpaired) electrons. The lowest BCUT2D eigenvalue weighted by Crippen LogP contribution is -2.52. The molecular formula is C13H19BrN2OS. The van der Waals surface area contributed by atoms with E-state index in [1.165, 1.54) is 24.2 Å². The Labute approximate surface area is 121 Å². The van der Waals surface area contributed by atoms with Gasteiger partial charge in [-0.25, -0.2) is 4.98 Å². The first-order chi connectivity index (χ1) is 8.54.